The molecule has 0 atom stereocenters. The van der Waals surface area contributed by atoms with E-state index in [0.717, 1.165) is 0 Å². The first-order valence-corrected chi connectivity index (χ1v) is 7.03. The third-order valence-corrected chi connectivity index (χ3v) is 3.75. The molecule has 1 aliphatic rings. The van der Waals surface area contributed by atoms with Crippen LogP contribution in [0.1, 0.15) is 15.9 Å². The molecule has 0 radical (unpaired) electrons. The molecule has 2 aromatic carbocycles. The standard InChI is InChI=1S/C16H13ClN2O3/c1-22-15-11(17)5-3-7-13(15)19-16(21)9-4-2-6-12-10(9)8-14(20)18-12/h2-7H,8H2,1H3,(H,18,20)(H,19,21). The summed E-state index contributed by atoms with van der Waals surface area (Å²) in [6.45, 7) is 0. The van der Waals surface area contributed by atoms with Gasteiger partial charge in [0.1, 0.15) is 0 Å². The number of ether oxygens (including phenoxy) is 1. The molecule has 1 heterocycles. The summed E-state index contributed by atoms with van der Waals surface area (Å²) in [6, 6.07) is 10.3. The molecule has 0 saturated heterocycles. The summed E-state index contributed by atoms with van der Waals surface area (Å²) in [6.07, 6.45) is 0.200. The third kappa shape index (κ3) is 2.51. The van der Waals surface area contributed by atoms with Gasteiger partial charge in [0.25, 0.3) is 5.91 Å². The van der Waals surface area contributed by atoms with Crippen LogP contribution in [0.4, 0.5) is 11.4 Å². The molecule has 6 heteroatoms. The van der Waals surface area contributed by atoms with Crippen molar-refractivity contribution in [3.8, 4) is 5.75 Å². The summed E-state index contributed by atoms with van der Waals surface area (Å²) in [4.78, 5) is 24.0. The fourth-order valence-electron chi connectivity index (χ4n) is 2.47. The Balaban J connectivity index is 1.93. The number of carbonyl (C=O) groups excluding carboxylic acids is 2. The number of benzene rings is 2. The van der Waals surface area contributed by atoms with Crippen molar-refractivity contribution in [1.82, 2.24) is 0 Å². The first-order valence-electron chi connectivity index (χ1n) is 6.65. The fraction of sp³-hybridized carbons (Fsp3) is 0.125. The van der Waals surface area contributed by atoms with Crippen molar-refractivity contribution in [2.45, 2.75) is 6.42 Å². The average Bonchev–Trinajstić information content (AvgIpc) is 2.87. The normalized spacial score (nSPS) is 12.5. The van der Waals surface area contributed by atoms with E-state index < -0.39 is 0 Å². The summed E-state index contributed by atoms with van der Waals surface area (Å²) in [5.41, 5.74) is 2.31. The van der Waals surface area contributed by atoms with E-state index in [-0.39, 0.29) is 18.2 Å². The van der Waals surface area contributed by atoms with Crippen LogP contribution in [0.15, 0.2) is 36.4 Å². The Morgan fingerprint density at radius 1 is 1.27 bits per heavy atom. The number of carbonyl (C=O) groups is 2. The summed E-state index contributed by atoms with van der Waals surface area (Å²) in [7, 11) is 1.49. The summed E-state index contributed by atoms with van der Waals surface area (Å²) >= 11 is 6.04. The van der Waals surface area contributed by atoms with Crippen LogP contribution < -0.4 is 15.4 Å². The van der Waals surface area contributed by atoms with Gasteiger partial charge in [-0.2, -0.15) is 0 Å². The van der Waals surface area contributed by atoms with Crippen molar-refractivity contribution in [2.24, 2.45) is 0 Å². The van der Waals surface area contributed by atoms with Gasteiger partial charge in [0.2, 0.25) is 5.91 Å². The maximum atomic E-state index is 12.5. The Labute approximate surface area is 132 Å². The monoisotopic (exact) mass is 316 g/mol. The second kappa shape index (κ2) is 5.69. The van der Waals surface area contributed by atoms with E-state index in [0.29, 0.717) is 33.3 Å². The number of fused-ring (bicyclic) bond motifs is 1. The Morgan fingerprint density at radius 2 is 2.05 bits per heavy atom. The van der Waals surface area contributed by atoms with Crippen LogP contribution in [0, 0.1) is 0 Å². The molecule has 22 heavy (non-hydrogen) atoms. The maximum Gasteiger partial charge on any atom is 0.256 e. The van der Waals surface area contributed by atoms with Gasteiger partial charge in [-0.05, 0) is 29.8 Å². The zero-order chi connectivity index (χ0) is 15.7. The molecule has 5 nitrogen and oxygen atoms in total. The number of rotatable bonds is 3. The van der Waals surface area contributed by atoms with Crippen molar-refractivity contribution >= 4 is 34.8 Å². The molecule has 3 rings (SSSR count). The number of hydrogen-bond donors (Lipinski definition) is 2. The molecule has 2 aromatic rings. The zero-order valence-corrected chi connectivity index (χ0v) is 12.5. The van der Waals surface area contributed by atoms with Gasteiger partial charge in [0.15, 0.2) is 5.75 Å². The van der Waals surface area contributed by atoms with Crippen molar-refractivity contribution in [2.75, 3.05) is 17.7 Å². The van der Waals surface area contributed by atoms with Crippen molar-refractivity contribution < 1.29 is 14.3 Å². The molecule has 0 bridgehead atoms. The van der Waals surface area contributed by atoms with E-state index in [4.69, 9.17) is 16.3 Å². The van der Waals surface area contributed by atoms with Crippen LogP contribution in [0.5, 0.6) is 5.75 Å². The van der Waals surface area contributed by atoms with Gasteiger partial charge in [-0.3, -0.25) is 9.59 Å². The number of methoxy groups -OCH3 is 1. The van der Waals surface area contributed by atoms with Crippen LogP contribution in [0.2, 0.25) is 5.02 Å². The van der Waals surface area contributed by atoms with Crippen molar-refractivity contribution in [1.29, 1.82) is 0 Å². The van der Waals surface area contributed by atoms with Crippen molar-refractivity contribution in [3.63, 3.8) is 0 Å². The maximum absolute atomic E-state index is 12.5. The molecular weight excluding hydrogens is 304 g/mol. The van der Waals surface area contributed by atoms with E-state index in [2.05, 4.69) is 10.6 Å². The number of hydrogen-bond acceptors (Lipinski definition) is 3. The molecule has 112 valence electrons. The molecule has 0 unspecified atom stereocenters. The Kier molecular flexibility index (Phi) is 3.73. The topological polar surface area (TPSA) is 67.4 Å². The quantitative estimate of drug-likeness (QED) is 0.914. The first-order chi connectivity index (χ1) is 10.6. The smallest absolute Gasteiger partial charge is 0.256 e. The lowest BCUT2D eigenvalue weighted by molar-refractivity contribution is -0.115. The Morgan fingerprint density at radius 3 is 2.82 bits per heavy atom. The second-order valence-electron chi connectivity index (χ2n) is 4.83. The molecule has 2 N–H and O–H groups in total. The van der Waals surface area contributed by atoms with E-state index in [1.807, 2.05) is 0 Å². The highest BCUT2D eigenvalue weighted by atomic mass is 35.5. The van der Waals surface area contributed by atoms with Crippen LogP contribution in [-0.4, -0.2) is 18.9 Å². The van der Waals surface area contributed by atoms with Gasteiger partial charge >= 0.3 is 0 Å². The molecule has 0 saturated carbocycles. The molecular formula is C16H13ClN2O3. The van der Waals surface area contributed by atoms with E-state index >= 15 is 0 Å². The number of amides is 2. The van der Waals surface area contributed by atoms with Crippen LogP contribution >= 0.6 is 11.6 Å². The summed E-state index contributed by atoms with van der Waals surface area (Å²) < 4.78 is 5.21. The lowest BCUT2D eigenvalue weighted by Crippen LogP contribution is -2.14. The summed E-state index contributed by atoms with van der Waals surface area (Å²) in [5, 5.41) is 5.91. The fourth-order valence-corrected chi connectivity index (χ4v) is 2.72. The highest BCUT2D eigenvalue weighted by Gasteiger charge is 2.24. The molecule has 2 amide bonds. The second-order valence-corrected chi connectivity index (χ2v) is 5.24. The van der Waals surface area contributed by atoms with E-state index in [1.54, 1.807) is 36.4 Å². The lowest BCUT2D eigenvalue weighted by Gasteiger charge is -2.12. The van der Waals surface area contributed by atoms with E-state index in [1.165, 1.54) is 7.11 Å². The number of anilines is 2. The van der Waals surface area contributed by atoms with Gasteiger partial charge < -0.3 is 15.4 Å². The molecule has 0 aliphatic carbocycles. The lowest BCUT2D eigenvalue weighted by atomic mass is 10.0. The van der Waals surface area contributed by atoms with Crippen molar-refractivity contribution in [3.05, 3.63) is 52.5 Å². The molecule has 0 spiro atoms. The minimum atomic E-state index is -0.311. The number of halogens is 1. The van der Waals surface area contributed by atoms with Crippen LogP contribution in [-0.2, 0) is 11.2 Å². The Hall–Kier alpha value is -2.53. The minimum Gasteiger partial charge on any atom is -0.493 e. The number of para-hydroxylation sites is 1. The van der Waals surface area contributed by atoms with Gasteiger partial charge in [0.05, 0.1) is 24.2 Å². The molecule has 1 aliphatic heterocycles. The van der Waals surface area contributed by atoms with E-state index in [9.17, 15) is 9.59 Å². The predicted molar refractivity (Wildman–Crippen MR) is 84.7 cm³/mol. The summed E-state index contributed by atoms with van der Waals surface area (Å²) in [5.74, 6) is -0.0243. The van der Waals surface area contributed by atoms with Crippen LogP contribution in [0.3, 0.4) is 0 Å². The highest BCUT2D eigenvalue weighted by molar-refractivity contribution is 6.32. The average molecular weight is 317 g/mol. The molecule has 0 fully saturated rings. The van der Waals surface area contributed by atoms with Crippen LogP contribution in [0.25, 0.3) is 0 Å². The van der Waals surface area contributed by atoms with Gasteiger partial charge in [-0.25, -0.2) is 0 Å². The van der Waals surface area contributed by atoms with Gasteiger partial charge in [-0.15, -0.1) is 0 Å². The third-order valence-electron chi connectivity index (χ3n) is 3.45. The highest BCUT2D eigenvalue weighted by Crippen LogP contribution is 2.33. The minimum absolute atomic E-state index is 0.115. The first kappa shape index (κ1) is 14.4. The SMILES string of the molecule is COc1c(Cl)cccc1NC(=O)c1cccc2c1CC(=O)N2. The van der Waals surface area contributed by atoms with Gasteiger partial charge in [-0.1, -0.05) is 23.7 Å². The predicted octanol–water partition coefficient (Wildman–Crippen LogP) is 3.10. The molecule has 0 aromatic heterocycles. The Bertz CT molecular complexity index is 774. The number of nitrogens with one attached hydrogen (secondary N) is 2. The largest absolute Gasteiger partial charge is 0.493 e. The zero-order valence-electron chi connectivity index (χ0n) is 11.8. The van der Waals surface area contributed by atoms with Gasteiger partial charge in [0, 0.05) is 11.3 Å².